The van der Waals surface area contributed by atoms with Gasteiger partial charge in [-0.05, 0) is 30.3 Å². The molecule has 0 aliphatic carbocycles. The normalized spacial score (nSPS) is 14.2. The molecule has 8 heteroatoms. The van der Waals surface area contributed by atoms with Crippen LogP contribution in [0.1, 0.15) is 10.4 Å². The largest absolute Gasteiger partial charge is 0.452 e. The Labute approximate surface area is 161 Å². The van der Waals surface area contributed by atoms with Crippen molar-refractivity contribution < 1.29 is 14.3 Å². The Bertz CT molecular complexity index is 794. The van der Waals surface area contributed by atoms with Crippen molar-refractivity contribution in [1.29, 1.82) is 0 Å². The van der Waals surface area contributed by atoms with Gasteiger partial charge in [0.05, 0.1) is 10.6 Å². The van der Waals surface area contributed by atoms with Crippen LogP contribution in [0.25, 0.3) is 0 Å². The number of anilines is 1. The van der Waals surface area contributed by atoms with Gasteiger partial charge in [0.15, 0.2) is 6.61 Å². The van der Waals surface area contributed by atoms with Crippen molar-refractivity contribution in [2.75, 3.05) is 37.7 Å². The molecule has 0 spiro atoms. The van der Waals surface area contributed by atoms with E-state index in [4.69, 9.17) is 27.9 Å². The zero-order chi connectivity index (χ0) is 18.5. The first-order chi connectivity index (χ1) is 12.5. The number of carbonyl (C=O) groups excluding carboxylic acids is 2. The minimum Gasteiger partial charge on any atom is -0.452 e. The van der Waals surface area contributed by atoms with E-state index in [9.17, 15) is 9.59 Å². The number of nitrogens with zero attached hydrogens (tertiary/aromatic N) is 3. The lowest BCUT2D eigenvalue weighted by molar-refractivity contribution is -0.134. The zero-order valence-corrected chi connectivity index (χ0v) is 15.4. The SMILES string of the molecule is O=C(OCC(=O)N1CCN(c2ccccn2)CC1)c1ccc(Cl)cc1Cl. The van der Waals surface area contributed by atoms with E-state index in [1.54, 1.807) is 17.2 Å². The molecule has 1 aromatic heterocycles. The first kappa shape index (κ1) is 18.5. The number of hydrogen-bond acceptors (Lipinski definition) is 5. The minimum absolute atomic E-state index is 0.184. The molecule has 26 heavy (non-hydrogen) atoms. The predicted molar refractivity (Wildman–Crippen MR) is 99.8 cm³/mol. The van der Waals surface area contributed by atoms with Crippen LogP contribution >= 0.6 is 23.2 Å². The second kappa shape index (κ2) is 8.38. The van der Waals surface area contributed by atoms with Crippen LogP contribution in [0.4, 0.5) is 5.82 Å². The van der Waals surface area contributed by atoms with Crippen LogP contribution in [0.5, 0.6) is 0 Å². The number of hydrogen-bond donors (Lipinski definition) is 0. The van der Waals surface area contributed by atoms with Gasteiger partial charge in [-0.2, -0.15) is 0 Å². The zero-order valence-electron chi connectivity index (χ0n) is 13.9. The average molecular weight is 394 g/mol. The number of esters is 1. The standard InChI is InChI=1S/C18H17Cl2N3O3/c19-13-4-5-14(15(20)11-13)18(25)26-12-17(24)23-9-7-22(8-10-23)16-3-1-2-6-21-16/h1-6,11H,7-10,12H2. The van der Waals surface area contributed by atoms with Gasteiger partial charge in [-0.1, -0.05) is 29.3 Å². The van der Waals surface area contributed by atoms with Crippen molar-refractivity contribution in [3.63, 3.8) is 0 Å². The molecule has 0 N–H and O–H groups in total. The number of aromatic nitrogens is 1. The van der Waals surface area contributed by atoms with Gasteiger partial charge in [0.2, 0.25) is 0 Å². The number of amides is 1. The topological polar surface area (TPSA) is 62.7 Å². The Morgan fingerprint density at radius 1 is 1.08 bits per heavy atom. The molecule has 1 aliphatic heterocycles. The third-order valence-corrected chi connectivity index (χ3v) is 4.63. The van der Waals surface area contributed by atoms with E-state index in [-0.39, 0.29) is 23.1 Å². The summed E-state index contributed by atoms with van der Waals surface area (Å²) in [7, 11) is 0. The maximum atomic E-state index is 12.3. The Balaban J connectivity index is 1.49. The van der Waals surface area contributed by atoms with E-state index < -0.39 is 5.97 Å². The van der Waals surface area contributed by atoms with Crippen LogP contribution < -0.4 is 4.90 Å². The van der Waals surface area contributed by atoms with Crippen LogP contribution in [-0.2, 0) is 9.53 Å². The predicted octanol–water partition coefficient (Wildman–Crippen LogP) is 2.89. The molecular weight excluding hydrogens is 377 g/mol. The lowest BCUT2D eigenvalue weighted by Crippen LogP contribution is -2.50. The number of ether oxygens (including phenoxy) is 1. The summed E-state index contributed by atoms with van der Waals surface area (Å²) < 4.78 is 5.09. The molecule has 0 atom stereocenters. The summed E-state index contributed by atoms with van der Waals surface area (Å²) in [5.41, 5.74) is 0.184. The Morgan fingerprint density at radius 3 is 2.50 bits per heavy atom. The van der Waals surface area contributed by atoms with Gasteiger partial charge >= 0.3 is 5.97 Å². The molecule has 0 saturated carbocycles. The van der Waals surface area contributed by atoms with Crippen molar-refractivity contribution in [2.24, 2.45) is 0 Å². The smallest absolute Gasteiger partial charge is 0.340 e. The van der Waals surface area contributed by atoms with E-state index in [2.05, 4.69) is 9.88 Å². The van der Waals surface area contributed by atoms with E-state index in [0.29, 0.717) is 31.2 Å². The number of rotatable bonds is 4. The van der Waals surface area contributed by atoms with Gasteiger partial charge in [-0.25, -0.2) is 9.78 Å². The highest BCUT2D eigenvalue weighted by Gasteiger charge is 2.23. The molecule has 0 radical (unpaired) electrons. The molecule has 2 aromatic rings. The first-order valence-electron chi connectivity index (χ1n) is 8.10. The summed E-state index contributed by atoms with van der Waals surface area (Å²) in [6.45, 7) is 2.14. The van der Waals surface area contributed by atoms with E-state index in [1.807, 2.05) is 18.2 Å². The highest BCUT2D eigenvalue weighted by atomic mass is 35.5. The van der Waals surface area contributed by atoms with Crippen molar-refractivity contribution in [1.82, 2.24) is 9.88 Å². The monoisotopic (exact) mass is 393 g/mol. The van der Waals surface area contributed by atoms with Crippen molar-refractivity contribution in [3.8, 4) is 0 Å². The molecule has 2 heterocycles. The van der Waals surface area contributed by atoms with E-state index in [0.717, 1.165) is 5.82 Å². The minimum atomic E-state index is -0.646. The second-order valence-corrected chi connectivity index (χ2v) is 6.60. The molecule has 1 amide bonds. The molecular formula is C18H17Cl2N3O3. The lowest BCUT2D eigenvalue weighted by atomic mass is 10.2. The maximum absolute atomic E-state index is 12.3. The molecule has 1 saturated heterocycles. The van der Waals surface area contributed by atoms with E-state index in [1.165, 1.54) is 12.1 Å². The summed E-state index contributed by atoms with van der Waals surface area (Å²) in [5, 5.41) is 0.618. The number of piperazine rings is 1. The van der Waals surface area contributed by atoms with Crippen LogP contribution in [0.3, 0.4) is 0 Å². The second-order valence-electron chi connectivity index (χ2n) is 5.76. The summed E-state index contributed by atoms with van der Waals surface area (Å²) in [6.07, 6.45) is 1.74. The molecule has 3 rings (SSSR count). The summed E-state index contributed by atoms with van der Waals surface area (Å²) in [6, 6.07) is 10.2. The molecule has 1 fully saturated rings. The fourth-order valence-electron chi connectivity index (χ4n) is 2.68. The molecule has 136 valence electrons. The fraction of sp³-hybridized carbons (Fsp3) is 0.278. The third-order valence-electron chi connectivity index (χ3n) is 4.08. The molecule has 6 nitrogen and oxygen atoms in total. The van der Waals surface area contributed by atoms with Gasteiger partial charge in [-0.15, -0.1) is 0 Å². The third kappa shape index (κ3) is 4.45. The van der Waals surface area contributed by atoms with Crippen molar-refractivity contribution in [3.05, 3.63) is 58.2 Å². The molecule has 1 aromatic carbocycles. The number of halogens is 2. The fourth-order valence-corrected chi connectivity index (χ4v) is 3.16. The lowest BCUT2D eigenvalue weighted by Gasteiger charge is -2.35. The summed E-state index contributed by atoms with van der Waals surface area (Å²) in [4.78, 5) is 32.4. The molecule has 0 bridgehead atoms. The number of pyridine rings is 1. The van der Waals surface area contributed by atoms with Crippen molar-refractivity contribution in [2.45, 2.75) is 0 Å². The Kier molecular flexibility index (Phi) is 5.96. The van der Waals surface area contributed by atoms with Gasteiger partial charge in [0.25, 0.3) is 5.91 Å². The van der Waals surface area contributed by atoms with Gasteiger partial charge in [0, 0.05) is 37.4 Å². The number of carbonyl (C=O) groups is 2. The summed E-state index contributed by atoms with van der Waals surface area (Å²) in [5.74, 6) is 0.0136. The van der Waals surface area contributed by atoms with Crippen LogP contribution in [0, 0.1) is 0 Å². The first-order valence-corrected chi connectivity index (χ1v) is 8.86. The molecule has 1 aliphatic rings. The quantitative estimate of drug-likeness (QED) is 0.747. The summed E-state index contributed by atoms with van der Waals surface area (Å²) >= 11 is 11.8. The van der Waals surface area contributed by atoms with Gasteiger partial charge < -0.3 is 14.5 Å². The maximum Gasteiger partial charge on any atom is 0.340 e. The average Bonchev–Trinajstić information content (AvgIpc) is 2.66. The Morgan fingerprint density at radius 2 is 1.85 bits per heavy atom. The van der Waals surface area contributed by atoms with Crippen LogP contribution in [-0.4, -0.2) is 54.5 Å². The molecule has 0 unspecified atom stereocenters. The highest BCUT2D eigenvalue weighted by molar-refractivity contribution is 6.36. The highest BCUT2D eigenvalue weighted by Crippen LogP contribution is 2.21. The van der Waals surface area contributed by atoms with Crippen LogP contribution in [0.15, 0.2) is 42.6 Å². The van der Waals surface area contributed by atoms with Gasteiger partial charge in [-0.3, -0.25) is 4.79 Å². The van der Waals surface area contributed by atoms with Crippen LogP contribution in [0.2, 0.25) is 10.0 Å². The van der Waals surface area contributed by atoms with Crippen molar-refractivity contribution >= 4 is 40.9 Å². The van der Waals surface area contributed by atoms with E-state index >= 15 is 0 Å². The number of benzene rings is 1. The van der Waals surface area contributed by atoms with Gasteiger partial charge in [0.1, 0.15) is 5.82 Å². The Hall–Kier alpha value is -2.31.